The molecule has 132 valence electrons. The van der Waals surface area contributed by atoms with Crippen molar-refractivity contribution in [1.29, 1.82) is 0 Å². The Labute approximate surface area is 151 Å². The number of halogens is 1. The summed E-state index contributed by atoms with van der Waals surface area (Å²) in [5.41, 5.74) is 1.92. The molecule has 0 saturated heterocycles. The Morgan fingerprint density at radius 2 is 1.76 bits per heavy atom. The lowest BCUT2D eigenvalue weighted by Gasteiger charge is -2.28. The molecule has 0 unspecified atom stereocenters. The summed E-state index contributed by atoms with van der Waals surface area (Å²) >= 11 is 6.32. The fourth-order valence-electron chi connectivity index (χ4n) is 2.98. The summed E-state index contributed by atoms with van der Waals surface area (Å²) in [6, 6.07) is 9.91. The van der Waals surface area contributed by atoms with Gasteiger partial charge in [-0.15, -0.1) is 0 Å². The Kier molecular flexibility index (Phi) is 4.13. The molecule has 6 heteroatoms. The first-order valence-electron chi connectivity index (χ1n) is 8.26. The number of nitrogens with one attached hydrogen (secondary N) is 1. The Morgan fingerprint density at radius 1 is 0.960 bits per heavy atom. The Bertz CT molecular complexity index is 806. The van der Waals surface area contributed by atoms with Gasteiger partial charge in [-0.25, -0.2) is 0 Å². The van der Waals surface area contributed by atoms with E-state index in [1.54, 1.807) is 0 Å². The van der Waals surface area contributed by atoms with E-state index in [0.29, 0.717) is 36.3 Å². The van der Waals surface area contributed by atoms with Gasteiger partial charge < -0.3 is 24.3 Å². The van der Waals surface area contributed by atoms with Crippen LogP contribution in [0.1, 0.15) is 25.0 Å². The molecule has 0 amide bonds. The first kappa shape index (κ1) is 16.4. The monoisotopic (exact) mass is 361 g/mol. The molecule has 5 nitrogen and oxygen atoms in total. The summed E-state index contributed by atoms with van der Waals surface area (Å²) in [6.07, 6.45) is 0. The summed E-state index contributed by atoms with van der Waals surface area (Å²) in [5, 5.41) is 4.14. The second-order valence-electron chi connectivity index (χ2n) is 6.65. The molecule has 0 radical (unpaired) electrons. The molecule has 2 heterocycles. The molecule has 1 N–H and O–H groups in total. The minimum atomic E-state index is -0.249. The zero-order chi connectivity index (χ0) is 17.4. The Hall–Kier alpha value is -2.11. The van der Waals surface area contributed by atoms with Crippen LogP contribution in [0.25, 0.3) is 0 Å². The Balaban J connectivity index is 1.51. The van der Waals surface area contributed by atoms with Crippen LogP contribution in [0.5, 0.6) is 23.0 Å². The number of rotatable bonds is 4. The number of benzene rings is 2. The van der Waals surface area contributed by atoms with Gasteiger partial charge in [0.15, 0.2) is 23.0 Å². The third-order valence-electron chi connectivity index (χ3n) is 4.49. The van der Waals surface area contributed by atoms with Crippen LogP contribution in [0.4, 0.5) is 0 Å². The maximum Gasteiger partial charge on any atom is 0.231 e. The van der Waals surface area contributed by atoms with Gasteiger partial charge in [-0.05, 0) is 49.2 Å². The van der Waals surface area contributed by atoms with Crippen molar-refractivity contribution in [3.05, 3.63) is 46.5 Å². The SMILES string of the molecule is CC(C)(NCc1cc(Cl)c2c(c1)OCCO2)c1ccc2c(c1)OCO2. The van der Waals surface area contributed by atoms with Crippen molar-refractivity contribution in [2.75, 3.05) is 20.0 Å². The lowest BCUT2D eigenvalue weighted by molar-refractivity contribution is 0.171. The first-order chi connectivity index (χ1) is 12.0. The lowest BCUT2D eigenvalue weighted by Crippen LogP contribution is -2.36. The summed E-state index contributed by atoms with van der Waals surface area (Å²) in [7, 11) is 0. The molecule has 0 saturated carbocycles. The van der Waals surface area contributed by atoms with Crippen LogP contribution >= 0.6 is 11.6 Å². The van der Waals surface area contributed by atoms with Gasteiger partial charge in [0.1, 0.15) is 13.2 Å². The maximum absolute atomic E-state index is 6.32. The summed E-state index contributed by atoms with van der Waals surface area (Å²) in [6.45, 7) is 6.26. The summed E-state index contributed by atoms with van der Waals surface area (Å²) in [5.74, 6) is 2.91. The van der Waals surface area contributed by atoms with Crippen molar-refractivity contribution in [2.45, 2.75) is 25.9 Å². The maximum atomic E-state index is 6.32. The van der Waals surface area contributed by atoms with Gasteiger partial charge >= 0.3 is 0 Å². The van der Waals surface area contributed by atoms with Crippen molar-refractivity contribution in [3.63, 3.8) is 0 Å². The van der Waals surface area contributed by atoms with E-state index >= 15 is 0 Å². The highest BCUT2D eigenvalue weighted by Crippen LogP contribution is 2.39. The van der Waals surface area contributed by atoms with Crippen LogP contribution < -0.4 is 24.3 Å². The van der Waals surface area contributed by atoms with Crippen molar-refractivity contribution >= 4 is 11.6 Å². The lowest BCUT2D eigenvalue weighted by atomic mass is 9.93. The quantitative estimate of drug-likeness (QED) is 0.896. The van der Waals surface area contributed by atoms with Crippen LogP contribution in [-0.4, -0.2) is 20.0 Å². The molecule has 2 aliphatic heterocycles. The van der Waals surface area contributed by atoms with Crippen LogP contribution in [0, 0.1) is 0 Å². The average molecular weight is 362 g/mol. The molecule has 2 aromatic rings. The largest absolute Gasteiger partial charge is 0.486 e. The number of hydrogen-bond donors (Lipinski definition) is 1. The molecular weight excluding hydrogens is 342 g/mol. The van der Waals surface area contributed by atoms with Crippen molar-refractivity contribution in [1.82, 2.24) is 5.32 Å². The van der Waals surface area contributed by atoms with E-state index in [9.17, 15) is 0 Å². The molecule has 2 aromatic carbocycles. The summed E-state index contributed by atoms with van der Waals surface area (Å²) < 4.78 is 22.1. The topological polar surface area (TPSA) is 49.0 Å². The molecule has 4 rings (SSSR count). The molecule has 0 atom stereocenters. The molecule has 2 aliphatic rings. The molecule has 25 heavy (non-hydrogen) atoms. The van der Waals surface area contributed by atoms with Crippen LogP contribution in [0.2, 0.25) is 5.02 Å². The second kappa shape index (κ2) is 6.32. The third-order valence-corrected chi connectivity index (χ3v) is 4.77. The van der Waals surface area contributed by atoms with Crippen LogP contribution in [-0.2, 0) is 12.1 Å². The smallest absolute Gasteiger partial charge is 0.231 e. The number of hydrogen-bond acceptors (Lipinski definition) is 5. The fraction of sp³-hybridized carbons (Fsp3) is 0.368. The van der Waals surface area contributed by atoms with E-state index < -0.39 is 0 Å². The zero-order valence-electron chi connectivity index (χ0n) is 14.2. The fourth-order valence-corrected chi connectivity index (χ4v) is 3.26. The molecule has 0 spiro atoms. The highest BCUT2D eigenvalue weighted by molar-refractivity contribution is 6.32. The van der Waals surface area contributed by atoms with Crippen molar-refractivity contribution < 1.29 is 18.9 Å². The van der Waals surface area contributed by atoms with Crippen molar-refractivity contribution in [2.24, 2.45) is 0 Å². The van der Waals surface area contributed by atoms with E-state index in [2.05, 4.69) is 25.2 Å². The molecule has 0 aromatic heterocycles. The van der Waals surface area contributed by atoms with Gasteiger partial charge in [0.25, 0.3) is 0 Å². The van der Waals surface area contributed by atoms with Gasteiger partial charge in [-0.3, -0.25) is 0 Å². The Morgan fingerprint density at radius 3 is 2.64 bits per heavy atom. The number of fused-ring (bicyclic) bond motifs is 2. The van der Waals surface area contributed by atoms with E-state index in [4.69, 9.17) is 30.5 Å². The molecule has 0 aliphatic carbocycles. The number of ether oxygens (including phenoxy) is 4. The van der Waals surface area contributed by atoms with E-state index in [0.717, 1.165) is 22.6 Å². The van der Waals surface area contributed by atoms with E-state index in [1.165, 1.54) is 0 Å². The molecular formula is C19H20ClNO4. The minimum Gasteiger partial charge on any atom is -0.486 e. The minimum absolute atomic E-state index is 0.249. The average Bonchev–Trinajstić information content (AvgIpc) is 3.08. The van der Waals surface area contributed by atoms with Crippen LogP contribution in [0.3, 0.4) is 0 Å². The second-order valence-corrected chi connectivity index (χ2v) is 7.06. The van der Waals surface area contributed by atoms with Gasteiger partial charge in [0.2, 0.25) is 6.79 Å². The van der Waals surface area contributed by atoms with Gasteiger partial charge in [-0.2, -0.15) is 0 Å². The highest BCUT2D eigenvalue weighted by Gasteiger charge is 2.24. The van der Waals surface area contributed by atoms with Gasteiger partial charge in [0, 0.05) is 12.1 Å². The highest BCUT2D eigenvalue weighted by atomic mass is 35.5. The summed E-state index contributed by atoms with van der Waals surface area (Å²) in [4.78, 5) is 0. The molecule has 0 fully saturated rings. The predicted molar refractivity (Wildman–Crippen MR) is 94.9 cm³/mol. The van der Waals surface area contributed by atoms with E-state index in [1.807, 2.05) is 24.3 Å². The predicted octanol–water partition coefficient (Wildman–Crippen LogP) is 3.86. The standard InChI is InChI=1S/C19H20ClNO4/c1-19(2,13-3-4-15-16(9-13)25-11-24-15)21-10-12-7-14(20)18-17(8-12)22-5-6-23-18/h3-4,7-9,21H,5-6,10-11H2,1-2H3. The van der Waals surface area contributed by atoms with Gasteiger partial charge in [-0.1, -0.05) is 17.7 Å². The van der Waals surface area contributed by atoms with E-state index in [-0.39, 0.29) is 12.3 Å². The normalized spacial score (nSPS) is 15.3. The molecule has 0 bridgehead atoms. The third kappa shape index (κ3) is 3.22. The van der Waals surface area contributed by atoms with Gasteiger partial charge in [0.05, 0.1) is 5.02 Å². The van der Waals surface area contributed by atoms with Crippen LogP contribution in [0.15, 0.2) is 30.3 Å². The first-order valence-corrected chi connectivity index (χ1v) is 8.64. The zero-order valence-corrected chi connectivity index (χ0v) is 15.0. The van der Waals surface area contributed by atoms with Crippen molar-refractivity contribution in [3.8, 4) is 23.0 Å².